The molecule has 2 amide bonds. The summed E-state index contributed by atoms with van der Waals surface area (Å²) in [5.74, 6) is 0.136. The van der Waals surface area contributed by atoms with E-state index in [0.29, 0.717) is 13.0 Å². The highest BCUT2D eigenvalue weighted by Gasteiger charge is 2.15. The Kier molecular flexibility index (Phi) is 11.6. The summed E-state index contributed by atoms with van der Waals surface area (Å²) in [6, 6.07) is 0. The molecule has 5 heteroatoms. The number of nitrogens with one attached hydrogen (secondary N) is 2. The Labute approximate surface area is 135 Å². The van der Waals surface area contributed by atoms with Crippen molar-refractivity contribution in [3.8, 4) is 0 Å². The molecule has 0 radical (unpaired) electrons. The largest absolute Gasteiger partial charge is 0.444 e. The quantitative estimate of drug-likeness (QED) is 0.570. The van der Waals surface area contributed by atoms with Gasteiger partial charge in [-0.2, -0.15) is 0 Å². The van der Waals surface area contributed by atoms with Crippen molar-refractivity contribution in [2.24, 2.45) is 0 Å². The number of ether oxygens (including phenoxy) is 1. The minimum absolute atomic E-state index is 0.136. The van der Waals surface area contributed by atoms with E-state index in [1.165, 1.54) is 19.3 Å². The molecule has 0 aliphatic heterocycles. The first-order valence-corrected chi connectivity index (χ1v) is 8.58. The van der Waals surface area contributed by atoms with Gasteiger partial charge in [0.2, 0.25) is 5.91 Å². The van der Waals surface area contributed by atoms with E-state index in [1.54, 1.807) is 0 Å². The predicted molar refractivity (Wildman–Crippen MR) is 89.9 cm³/mol. The Morgan fingerprint density at radius 2 is 1.45 bits per heavy atom. The highest BCUT2D eigenvalue weighted by atomic mass is 16.6. The molecular weight excluding hydrogens is 280 g/mol. The highest BCUT2D eigenvalue weighted by molar-refractivity contribution is 5.75. The Morgan fingerprint density at radius 1 is 0.864 bits per heavy atom. The summed E-state index contributed by atoms with van der Waals surface area (Å²) in [6.45, 7) is 9.08. The second kappa shape index (κ2) is 12.3. The lowest BCUT2D eigenvalue weighted by molar-refractivity contribution is -0.121. The van der Waals surface area contributed by atoms with Crippen LogP contribution in [-0.4, -0.2) is 30.7 Å². The molecule has 0 aliphatic rings. The van der Waals surface area contributed by atoms with Crippen molar-refractivity contribution in [1.82, 2.24) is 10.6 Å². The smallest absolute Gasteiger partial charge is 0.407 e. The van der Waals surface area contributed by atoms with Crippen LogP contribution in [0.4, 0.5) is 4.79 Å². The molecule has 5 nitrogen and oxygen atoms in total. The highest BCUT2D eigenvalue weighted by Crippen LogP contribution is 2.06. The third-order valence-corrected chi connectivity index (χ3v) is 3.10. The van der Waals surface area contributed by atoms with Crippen LogP contribution in [-0.2, 0) is 9.53 Å². The van der Waals surface area contributed by atoms with E-state index in [-0.39, 0.29) is 12.0 Å². The zero-order chi connectivity index (χ0) is 16.8. The fraction of sp³-hybridized carbons (Fsp3) is 0.882. The van der Waals surface area contributed by atoms with E-state index in [9.17, 15) is 9.59 Å². The van der Waals surface area contributed by atoms with Crippen molar-refractivity contribution < 1.29 is 14.3 Å². The van der Waals surface area contributed by atoms with Gasteiger partial charge in [0.05, 0.1) is 0 Å². The summed E-state index contributed by atoms with van der Waals surface area (Å²) < 4.78 is 5.14. The van der Waals surface area contributed by atoms with Crippen molar-refractivity contribution in [3.05, 3.63) is 0 Å². The van der Waals surface area contributed by atoms with Gasteiger partial charge in [0.15, 0.2) is 0 Å². The van der Waals surface area contributed by atoms with Crippen LogP contribution in [0.1, 0.15) is 79.1 Å². The number of hydrogen-bond acceptors (Lipinski definition) is 3. The van der Waals surface area contributed by atoms with Crippen molar-refractivity contribution in [2.45, 2.75) is 84.7 Å². The number of carbonyl (C=O) groups is 2. The average molecular weight is 314 g/mol. The fourth-order valence-electron chi connectivity index (χ4n) is 1.96. The zero-order valence-corrected chi connectivity index (χ0v) is 14.8. The minimum Gasteiger partial charge on any atom is -0.444 e. The molecule has 0 spiro atoms. The molecule has 22 heavy (non-hydrogen) atoms. The van der Waals surface area contributed by atoms with Gasteiger partial charge in [-0.1, -0.05) is 32.6 Å². The van der Waals surface area contributed by atoms with E-state index < -0.39 is 5.60 Å². The first-order chi connectivity index (χ1) is 10.3. The second-order valence-corrected chi connectivity index (χ2v) is 6.65. The zero-order valence-electron chi connectivity index (χ0n) is 14.8. The van der Waals surface area contributed by atoms with Crippen molar-refractivity contribution >= 4 is 12.0 Å². The molecule has 0 unspecified atom stereocenters. The topological polar surface area (TPSA) is 67.4 Å². The van der Waals surface area contributed by atoms with Gasteiger partial charge in [0.1, 0.15) is 5.60 Å². The molecule has 0 aromatic heterocycles. The van der Waals surface area contributed by atoms with Gasteiger partial charge in [-0.05, 0) is 40.0 Å². The molecular formula is C17H34N2O3. The van der Waals surface area contributed by atoms with Gasteiger partial charge < -0.3 is 15.4 Å². The van der Waals surface area contributed by atoms with Crippen LogP contribution in [0, 0.1) is 0 Å². The van der Waals surface area contributed by atoms with Crippen LogP contribution in [0.5, 0.6) is 0 Å². The summed E-state index contributed by atoms with van der Waals surface area (Å²) in [5, 5.41) is 5.67. The van der Waals surface area contributed by atoms with E-state index in [0.717, 1.165) is 32.2 Å². The van der Waals surface area contributed by atoms with E-state index >= 15 is 0 Å². The standard InChI is InChI=1S/C17H34N2O3/c1-5-6-7-10-13-18-15(20)12-9-8-11-14-19-16(21)22-17(2,3)4/h5-14H2,1-4H3,(H,18,20)(H,19,21). The first kappa shape index (κ1) is 20.7. The Morgan fingerprint density at radius 3 is 2.05 bits per heavy atom. The molecule has 0 rings (SSSR count). The molecule has 130 valence electrons. The summed E-state index contributed by atoms with van der Waals surface area (Å²) in [5.41, 5.74) is -0.459. The molecule has 0 bridgehead atoms. The van der Waals surface area contributed by atoms with Crippen molar-refractivity contribution in [1.29, 1.82) is 0 Å². The Balaban J connectivity index is 3.38. The number of alkyl carbamates (subject to hydrolysis) is 1. The molecule has 0 heterocycles. The maximum Gasteiger partial charge on any atom is 0.407 e. The maximum absolute atomic E-state index is 11.6. The van der Waals surface area contributed by atoms with Gasteiger partial charge in [0.25, 0.3) is 0 Å². The lowest BCUT2D eigenvalue weighted by Gasteiger charge is -2.19. The first-order valence-electron chi connectivity index (χ1n) is 8.58. The van der Waals surface area contributed by atoms with Crippen LogP contribution in [0.2, 0.25) is 0 Å². The number of amides is 2. The van der Waals surface area contributed by atoms with Crippen LogP contribution in [0.3, 0.4) is 0 Å². The normalized spacial score (nSPS) is 11.1. The minimum atomic E-state index is -0.459. The molecule has 0 aromatic carbocycles. The van der Waals surface area contributed by atoms with E-state index in [1.807, 2.05) is 20.8 Å². The molecule has 0 atom stereocenters. The van der Waals surface area contributed by atoms with Crippen molar-refractivity contribution in [2.75, 3.05) is 13.1 Å². The third kappa shape index (κ3) is 15.1. The van der Waals surface area contributed by atoms with Gasteiger partial charge in [-0.25, -0.2) is 4.79 Å². The van der Waals surface area contributed by atoms with E-state index in [4.69, 9.17) is 4.74 Å². The van der Waals surface area contributed by atoms with Crippen LogP contribution < -0.4 is 10.6 Å². The molecule has 0 aliphatic carbocycles. The lowest BCUT2D eigenvalue weighted by Crippen LogP contribution is -2.33. The third-order valence-electron chi connectivity index (χ3n) is 3.10. The van der Waals surface area contributed by atoms with Gasteiger partial charge in [-0.15, -0.1) is 0 Å². The van der Waals surface area contributed by atoms with Gasteiger partial charge >= 0.3 is 6.09 Å². The van der Waals surface area contributed by atoms with Crippen LogP contribution in [0.25, 0.3) is 0 Å². The summed E-state index contributed by atoms with van der Waals surface area (Å²) in [4.78, 5) is 23.0. The fourth-order valence-corrected chi connectivity index (χ4v) is 1.96. The number of rotatable bonds is 11. The maximum atomic E-state index is 11.6. The summed E-state index contributed by atoms with van der Waals surface area (Å²) in [6.07, 6.45) is 7.55. The number of hydrogen-bond donors (Lipinski definition) is 2. The van der Waals surface area contributed by atoms with Crippen LogP contribution in [0.15, 0.2) is 0 Å². The van der Waals surface area contributed by atoms with E-state index in [2.05, 4.69) is 17.6 Å². The van der Waals surface area contributed by atoms with Gasteiger partial charge in [-0.3, -0.25) is 4.79 Å². The SMILES string of the molecule is CCCCCCNC(=O)CCCCCNC(=O)OC(C)(C)C. The molecule has 0 saturated carbocycles. The Hall–Kier alpha value is -1.26. The number of unbranched alkanes of at least 4 members (excludes halogenated alkanes) is 5. The molecule has 0 saturated heterocycles. The average Bonchev–Trinajstić information content (AvgIpc) is 2.40. The van der Waals surface area contributed by atoms with Gasteiger partial charge in [0, 0.05) is 19.5 Å². The molecule has 2 N–H and O–H groups in total. The lowest BCUT2D eigenvalue weighted by atomic mass is 10.2. The molecule has 0 fully saturated rings. The van der Waals surface area contributed by atoms with Crippen LogP contribution >= 0.6 is 0 Å². The molecule has 0 aromatic rings. The monoisotopic (exact) mass is 314 g/mol. The Bertz CT molecular complexity index is 312. The second-order valence-electron chi connectivity index (χ2n) is 6.65. The predicted octanol–water partition coefficient (Wildman–Crippen LogP) is 3.77. The summed E-state index contributed by atoms with van der Waals surface area (Å²) in [7, 11) is 0. The number of carbonyl (C=O) groups excluding carboxylic acids is 2. The van der Waals surface area contributed by atoms with Crippen molar-refractivity contribution in [3.63, 3.8) is 0 Å². The summed E-state index contributed by atoms with van der Waals surface area (Å²) >= 11 is 0.